The molecule has 3 aromatic carbocycles. The number of amides is 1. The molecule has 0 N–H and O–H groups in total. The van der Waals surface area contributed by atoms with Gasteiger partial charge in [0.2, 0.25) is 0 Å². The number of fused-ring (bicyclic) bond motifs is 2. The lowest BCUT2D eigenvalue weighted by atomic mass is 9.86. The van der Waals surface area contributed by atoms with Crippen LogP contribution in [-0.4, -0.2) is 43.5 Å². The summed E-state index contributed by atoms with van der Waals surface area (Å²) in [6, 6.07) is 23.4. The Morgan fingerprint density at radius 2 is 1.79 bits per heavy atom. The number of nitrogens with zero attached hydrogens (tertiary/aromatic N) is 5. The zero-order chi connectivity index (χ0) is 26.2. The largest absolute Gasteiger partial charge is 0.336 e. The van der Waals surface area contributed by atoms with Crippen LogP contribution in [0.5, 0.6) is 0 Å². The van der Waals surface area contributed by atoms with E-state index in [0.29, 0.717) is 30.6 Å². The third-order valence-corrected chi connectivity index (χ3v) is 8.65. The van der Waals surface area contributed by atoms with Crippen molar-refractivity contribution >= 4 is 16.8 Å². The third-order valence-electron chi connectivity index (χ3n) is 8.65. The van der Waals surface area contributed by atoms with E-state index in [-0.39, 0.29) is 17.1 Å². The maximum absolute atomic E-state index is 13.5. The molecular weight excluding hydrogens is 477 g/mol. The SMILES string of the molecule is Cc1cc2c(cnn2-c2ccc(F)cc2)cc1[C@@]12CN(C(=O)c3cc(C)n(C)n3)C[C@@H]1[C@H]2c1ccccc1. The zero-order valence-corrected chi connectivity index (χ0v) is 21.6. The quantitative estimate of drug-likeness (QED) is 0.332. The van der Waals surface area contributed by atoms with Gasteiger partial charge in [-0.25, -0.2) is 9.07 Å². The molecule has 38 heavy (non-hydrogen) atoms. The van der Waals surface area contributed by atoms with Crippen LogP contribution in [0.2, 0.25) is 0 Å². The second-order valence-corrected chi connectivity index (χ2v) is 10.8. The van der Waals surface area contributed by atoms with Gasteiger partial charge in [-0.1, -0.05) is 30.3 Å². The molecule has 0 radical (unpaired) electrons. The van der Waals surface area contributed by atoms with Gasteiger partial charge in [0, 0.05) is 42.6 Å². The number of aromatic nitrogens is 4. The highest BCUT2D eigenvalue weighted by atomic mass is 19.1. The Balaban J connectivity index is 1.30. The van der Waals surface area contributed by atoms with Crippen molar-refractivity contribution in [2.45, 2.75) is 25.2 Å². The lowest BCUT2D eigenvalue weighted by Crippen LogP contribution is -2.35. The van der Waals surface area contributed by atoms with E-state index < -0.39 is 0 Å². The van der Waals surface area contributed by atoms with Crippen molar-refractivity contribution in [3.63, 3.8) is 0 Å². The Morgan fingerprint density at radius 1 is 1.03 bits per heavy atom. The minimum absolute atomic E-state index is 0.00468. The maximum Gasteiger partial charge on any atom is 0.274 e. The van der Waals surface area contributed by atoms with Gasteiger partial charge in [-0.15, -0.1) is 0 Å². The van der Waals surface area contributed by atoms with Crippen LogP contribution in [0, 0.1) is 25.6 Å². The topological polar surface area (TPSA) is 56.0 Å². The molecule has 3 heterocycles. The number of benzene rings is 3. The number of piperidine rings is 1. The summed E-state index contributed by atoms with van der Waals surface area (Å²) >= 11 is 0. The van der Waals surface area contributed by atoms with E-state index in [1.165, 1.54) is 28.8 Å². The van der Waals surface area contributed by atoms with Gasteiger partial charge in [0.25, 0.3) is 5.91 Å². The molecule has 2 aliphatic rings. The molecular formula is C31H28FN5O. The number of carbonyl (C=O) groups is 1. The molecule has 0 unspecified atom stereocenters. The predicted octanol–water partition coefficient (Wildman–Crippen LogP) is 5.32. The fraction of sp³-hybridized carbons (Fsp3) is 0.258. The number of likely N-dealkylation sites (tertiary alicyclic amines) is 1. The number of hydrogen-bond acceptors (Lipinski definition) is 3. The van der Waals surface area contributed by atoms with Crippen molar-refractivity contribution in [2.24, 2.45) is 13.0 Å². The second-order valence-electron chi connectivity index (χ2n) is 10.8. The highest BCUT2D eigenvalue weighted by Gasteiger charge is 2.71. The van der Waals surface area contributed by atoms with Gasteiger partial charge in [-0.05, 0) is 78.9 Å². The molecule has 7 heteroatoms. The van der Waals surface area contributed by atoms with Crippen LogP contribution in [0.4, 0.5) is 4.39 Å². The van der Waals surface area contributed by atoms with E-state index in [1.807, 2.05) is 35.8 Å². The summed E-state index contributed by atoms with van der Waals surface area (Å²) < 4.78 is 17.1. The monoisotopic (exact) mass is 505 g/mol. The number of halogens is 1. The molecule has 1 amide bonds. The van der Waals surface area contributed by atoms with E-state index in [1.54, 1.807) is 16.8 Å². The van der Waals surface area contributed by atoms with Gasteiger partial charge >= 0.3 is 0 Å². The van der Waals surface area contributed by atoms with E-state index in [4.69, 9.17) is 0 Å². The summed E-state index contributed by atoms with van der Waals surface area (Å²) in [5, 5.41) is 10.1. The molecule has 5 aromatic rings. The lowest BCUT2D eigenvalue weighted by Gasteiger charge is -2.25. The van der Waals surface area contributed by atoms with Crippen LogP contribution in [0.15, 0.2) is 79.0 Å². The van der Waals surface area contributed by atoms with Gasteiger partial charge in [0.15, 0.2) is 5.69 Å². The van der Waals surface area contributed by atoms with Crippen molar-refractivity contribution in [1.82, 2.24) is 24.5 Å². The maximum atomic E-state index is 13.5. The fourth-order valence-corrected chi connectivity index (χ4v) is 6.71. The second kappa shape index (κ2) is 8.12. The number of hydrogen-bond donors (Lipinski definition) is 0. The molecule has 1 aliphatic heterocycles. The highest BCUT2D eigenvalue weighted by molar-refractivity contribution is 5.93. The average Bonchev–Trinajstić information content (AvgIpc) is 3.25. The summed E-state index contributed by atoms with van der Waals surface area (Å²) in [5.74, 6) is 0.411. The molecule has 1 saturated carbocycles. The van der Waals surface area contributed by atoms with Crippen LogP contribution in [0.3, 0.4) is 0 Å². The Kier molecular flexibility index (Phi) is 4.89. The van der Waals surface area contributed by atoms with Crippen LogP contribution in [-0.2, 0) is 12.5 Å². The minimum atomic E-state index is -0.268. The molecule has 7 rings (SSSR count). The van der Waals surface area contributed by atoms with Gasteiger partial charge in [-0.2, -0.15) is 10.2 Å². The molecule has 6 nitrogen and oxygen atoms in total. The standard InChI is InChI=1S/C31H28FN5O/c1-19-13-28-22(16-33-37(28)24-11-9-23(32)10-12-24)15-25(19)31-18-36(30(38)27-14-20(2)35(3)34-27)17-26(31)29(31)21-7-5-4-6-8-21/h4-16,26,29H,17-18H2,1-3H3/t26-,29-,31+/m1/s1. The molecule has 2 fully saturated rings. The van der Waals surface area contributed by atoms with Crippen LogP contribution in [0.1, 0.15) is 38.8 Å². The third kappa shape index (κ3) is 3.27. The van der Waals surface area contributed by atoms with Crippen LogP contribution >= 0.6 is 0 Å². The summed E-state index contributed by atoms with van der Waals surface area (Å²) in [4.78, 5) is 15.5. The first kappa shape index (κ1) is 22.9. The van der Waals surface area contributed by atoms with Gasteiger partial charge in [0.1, 0.15) is 5.82 Å². The van der Waals surface area contributed by atoms with E-state index in [9.17, 15) is 9.18 Å². The van der Waals surface area contributed by atoms with Gasteiger partial charge in [0.05, 0.1) is 17.4 Å². The summed E-state index contributed by atoms with van der Waals surface area (Å²) in [6.45, 7) is 5.48. The average molecular weight is 506 g/mol. The summed E-state index contributed by atoms with van der Waals surface area (Å²) in [7, 11) is 1.87. The Bertz CT molecular complexity index is 1680. The summed E-state index contributed by atoms with van der Waals surface area (Å²) in [6.07, 6.45) is 1.88. The number of carbonyl (C=O) groups excluding carboxylic acids is 1. The zero-order valence-electron chi connectivity index (χ0n) is 21.6. The first-order chi connectivity index (χ1) is 18.4. The highest BCUT2D eigenvalue weighted by Crippen LogP contribution is 2.69. The van der Waals surface area contributed by atoms with Crippen molar-refractivity contribution in [1.29, 1.82) is 0 Å². The molecule has 3 atom stereocenters. The van der Waals surface area contributed by atoms with Crippen LogP contribution in [0.25, 0.3) is 16.6 Å². The Morgan fingerprint density at radius 3 is 2.50 bits per heavy atom. The van der Waals surface area contributed by atoms with E-state index >= 15 is 0 Å². The minimum Gasteiger partial charge on any atom is -0.336 e. The molecule has 0 spiro atoms. The predicted molar refractivity (Wildman–Crippen MR) is 144 cm³/mol. The van der Waals surface area contributed by atoms with Crippen molar-refractivity contribution < 1.29 is 9.18 Å². The molecule has 2 aromatic heterocycles. The normalized spacial score (nSPS) is 22.2. The van der Waals surface area contributed by atoms with Crippen molar-refractivity contribution in [2.75, 3.05) is 13.1 Å². The van der Waals surface area contributed by atoms with E-state index in [0.717, 1.165) is 22.3 Å². The van der Waals surface area contributed by atoms with Gasteiger partial charge in [-0.3, -0.25) is 9.48 Å². The van der Waals surface area contributed by atoms with Crippen molar-refractivity contribution in [3.05, 3.63) is 113 Å². The Labute approximate surface area is 220 Å². The van der Waals surface area contributed by atoms with Crippen LogP contribution < -0.4 is 0 Å². The number of rotatable bonds is 4. The fourth-order valence-electron chi connectivity index (χ4n) is 6.71. The van der Waals surface area contributed by atoms with E-state index in [2.05, 4.69) is 59.6 Å². The molecule has 1 saturated heterocycles. The van der Waals surface area contributed by atoms with Gasteiger partial charge < -0.3 is 4.90 Å². The van der Waals surface area contributed by atoms with Crippen molar-refractivity contribution in [3.8, 4) is 5.69 Å². The lowest BCUT2D eigenvalue weighted by molar-refractivity contribution is 0.0762. The Hall–Kier alpha value is -4.26. The molecule has 1 aliphatic carbocycles. The molecule has 0 bridgehead atoms. The summed E-state index contributed by atoms with van der Waals surface area (Å²) in [5.41, 5.74) is 6.89. The molecule has 190 valence electrons. The first-order valence-electron chi connectivity index (χ1n) is 13.0. The first-order valence-corrected chi connectivity index (χ1v) is 13.0. The number of aryl methyl sites for hydroxylation is 3. The smallest absolute Gasteiger partial charge is 0.274 e.